The quantitative estimate of drug-likeness (QED) is 0.889. The second kappa shape index (κ2) is 3.92. The monoisotopic (exact) mass is 273 g/mol. The summed E-state index contributed by atoms with van der Waals surface area (Å²) >= 11 is 6.79. The summed E-state index contributed by atoms with van der Waals surface area (Å²) in [6, 6.07) is 4.18. The highest BCUT2D eigenvalue weighted by Crippen LogP contribution is 2.29. The normalized spacial score (nSPS) is 13.1. The summed E-state index contributed by atoms with van der Waals surface area (Å²) in [6.45, 7) is 0. The van der Waals surface area contributed by atoms with Crippen LogP contribution < -0.4 is 5.73 Å². The van der Waals surface area contributed by atoms with Gasteiger partial charge in [-0.15, -0.1) is 11.3 Å². The summed E-state index contributed by atoms with van der Waals surface area (Å²) in [6.07, 6.45) is 0. The molecule has 2 aromatic rings. The molecular weight excluding hydrogens is 266 g/mol. The maximum Gasteiger partial charge on any atom is 0.0654 e. The summed E-state index contributed by atoms with van der Waals surface area (Å²) in [7, 11) is 0. The van der Waals surface area contributed by atoms with Crippen molar-refractivity contribution in [1.29, 1.82) is 0 Å². The Kier molecular flexibility index (Phi) is 2.83. The van der Waals surface area contributed by atoms with Crippen LogP contribution in [0.4, 0.5) is 0 Å². The minimum atomic E-state index is 0.0301. The molecule has 1 nitrogen and oxygen atoms in total. The average molecular weight is 274 g/mol. The molecule has 0 spiro atoms. The highest BCUT2D eigenvalue weighted by molar-refractivity contribution is 9.10. The zero-order valence-corrected chi connectivity index (χ0v) is 9.95. The Bertz CT molecular complexity index is 380. The third-order valence-electron chi connectivity index (χ3n) is 1.80. The summed E-state index contributed by atoms with van der Waals surface area (Å²) < 4.78 is 1.11. The second-order valence-electron chi connectivity index (χ2n) is 2.70. The number of hydrogen-bond acceptors (Lipinski definition) is 3. The van der Waals surface area contributed by atoms with Crippen LogP contribution >= 0.6 is 38.6 Å². The maximum atomic E-state index is 6.07. The number of thiophene rings is 2. The molecule has 0 fully saturated rings. The molecule has 68 valence electrons. The fraction of sp³-hybridized carbons (Fsp3) is 0.111. The van der Waals surface area contributed by atoms with Crippen molar-refractivity contribution in [3.8, 4) is 0 Å². The lowest BCUT2D eigenvalue weighted by Gasteiger charge is -2.05. The predicted octanol–water partition coefficient (Wildman–Crippen LogP) is 3.62. The lowest BCUT2D eigenvalue weighted by atomic mass is 10.1. The fourth-order valence-electron chi connectivity index (χ4n) is 1.11. The Morgan fingerprint density at radius 2 is 2.23 bits per heavy atom. The zero-order valence-electron chi connectivity index (χ0n) is 6.74. The van der Waals surface area contributed by atoms with E-state index in [9.17, 15) is 0 Å². The van der Waals surface area contributed by atoms with Gasteiger partial charge in [-0.3, -0.25) is 0 Å². The van der Waals surface area contributed by atoms with Gasteiger partial charge < -0.3 is 5.73 Å². The van der Waals surface area contributed by atoms with Crippen LogP contribution in [0.3, 0.4) is 0 Å². The molecule has 0 aromatic carbocycles. The van der Waals surface area contributed by atoms with Gasteiger partial charge in [-0.25, -0.2) is 0 Å². The zero-order chi connectivity index (χ0) is 9.26. The third kappa shape index (κ3) is 2.02. The van der Waals surface area contributed by atoms with E-state index in [1.165, 1.54) is 10.4 Å². The molecule has 0 saturated carbocycles. The van der Waals surface area contributed by atoms with Crippen LogP contribution in [-0.2, 0) is 0 Å². The molecule has 0 aliphatic rings. The Hall–Kier alpha value is -0.160. The molecular formula is C9H8BrNS2. The van der Waals surface area contributed by atoms with Gasteiger partial charge in [-0.05, 0) is 44.4 Å². The van der Waals surface area contributed by atoms with Crippen molar-refractivity contribution >= 4 is 38.6 Å². The van der Waals surface area contributed by atoms with Gasteiger partial charge in [0, 0.05) is 14.7 Å². The Morgan fingerprint density at radius 3 is 2.77 bits per heavy atom. The van der Waals surface area contributed by atoms with E-state index in [0.717, 1.165) is 4.47 Å². The third-order valence-corrected chi connectivity index (χ3v) is 4.27. The van der Waals surface area contributed by atoms with E-state index >= 15 is 0 Å². The van der Waals surface area contributed by atoms with Crippen molar-refractivity contribution in [1.82, 2.24) is 0 Å². The second-order valence-corrected chi connectivity index (χ2v) is 5.34. The lowest BCUT2D eigenvalue weighted by molar-refractivity contribution is 0.899. The first-order valence-electron chi connectivity index (χ1n) is 3.79. The summed E-state index contributed by atoms with van der Waals surface area (Å²) in [5, 5.41) is 6.21. The number of nitrogens with two attached hydrogens (primary N) is 1. The van der Waals surface area contributed by atoms with Gasteiger partial charge >= 0.3 is 0 Å². The topological polar surface area (TPSA) is 26.0 Å². The van der Waals surface area contributed by atoms with E-state index in [1.807, 2.05) is 0 Å². The van der Waals surface area contributed by atoms with Crippen molar-refractivity contribution < 1.29 is 0 Å². The molecule has 0 amide bonds. The first-order valence-corrected chi connectivity index (χ1v) is 6.40. The SMILES string of the molecule is N[C@@H](c1ccsc1)c1cc(Br)cs1. The van der Waals surface area contributed by atoms with Crippen LogP contribution in [0, 0.1) is 0 Å². The van der Waals surface area contributed by atoms with Crippen LogP contribution in [-0.4, -0.2) is 0 Å². The van der Waals surface area contributed by atoms with Crippen molar-refractivity contribution in [3.63, 3.8) is 0 Å². The molecule has 0 bridgehead atoms. The van der Waals surface area contributed by atoms with E-state index in [0.29, 0.717) is 0 Å². The van der Waals surface area contributed by atoms with Crippen molar-refractivity contribution in [3.05, 3.63) is 43.2 Å². The Balaban J connectivity index is 2.28. The average Bonchev–Trinajstić information content (AvgIpc) is 2.72. The van der Waals surface area contributed by atoms with E-state index in [2.05, 4.69) is 44.2 Å². The van der Waals surface area contributed by atoms with E-state index < -0.39 is 0 Å². The smallest absolute Gasteiger partial charge is 0.0654 e. The van der Waals surface area contributed by atoms with E-state index in [1.54, 1.807) is 22.7 Å². The van der Waals surface area contributed by atoms with Crippen molar-refractivity contribution in [2.75, 3.05) is 0 Å². The molecule has 0 radical (unpaired) electrons. The molecule has 2 aromatic heterocycles. The molecule has 4 heteroatoms. The van der Waals surface area contributed by atoms with Crippen LogP contribution in [0.15, 0.2) is 32.7 Å². The maximum absolute atomic E-state index is 6.07. The molecule has 13 heavy (non-hydrogen) atoms. The molecule has 0 saturated heterocycles. The predicted molar refractivity (Wildman–Crippen MR) is 62.4 cm³/mol. The fourth-order valence-corrected chi connectivity index (χ4v) is 3.28. The number of halogens is 1. The molecule has 0 aliphatic heterocycles. The largest absolute Gasteiger partial charge is 0.320 e. The first-order chi connectivity index (χ1) is 6.27. The van der Waals surface area contributed by atoms with Crippen LogP contribution in [0.2, 0.25) is 0 Å². The van der Waals surface area contributed by atoms with Crippen LogP contribution in [0.5, 0.6) is 0 Å². The molecule has 2 rings (SSSR count). The van der Waals surface area contributed by atoms with Gasteiger partial charge in [0.15, 0.2) is 0 Å². The Labute approximate surface area is 93.3 Å². The molecule has 0 unspecified atom stereocenters. The van der Waals surface area contributed by atoms with Crippen LogP contribution in [0.25, 0.3) is 0 Å². The van der Waals surface area contributed by atoms with Crippen LogP contribution in [0.1, 0.15) is 16.5 Å². The van der Waals surface area contributed by atoms with Gasteiger partial charge in [0.25, 0.3) is 0 Å². The minimum absolute atomic E-state index is 0.0301. The van der Waals surface area contributed by atoms with Gasteiger partial charge in [0.05, 0.1) is 6.04 Å². The molecule has 2 heterocycles. The minimum Gasteiger partial charge on any atom is -0.320 e. The van der Waals surface area contributed by atoms with Crippen molar-refractivity contribution in [2.24, 2.45) is 5.73 Å². The summed E-state index contributed by atoms with van der Waals surface area (Å²) in [5.41, 5.74) is 7.26. The standard InChI is InChI=1S/C9H8BrNS2/c10-7-3-8(13-5-7)9(11)6-1-2-12-4-6/h1-5,9H,11H2/t9-/m0/s1. The number of rotatable bonds is 2. The first kappa shape index (κ1) is 9.40. The van der Waals surface area contributed by atoms with Gasteiger partial charge in [-0.1, -0.05) is 0 Å². The number of hydrogen-bond donors (Lipinski definition) is 1. The van der Waals surface area contributed by atoms with Gasteiger partial charge in [-0.2, -0.15) is 11.3 Å². The molecule has 1 atom stereocenters. The summed E-state index contributed by atoms with van der Waals surface area (Å²) in [5.74, 6) is 0. The summed E-state index contributed by atoms with van der Waals surface area (Å²) in [4.78, 5) is 1.20. The molecule has 2 N–H and O–H groups in total. The van der Waals surface area contributed by atoms with E-state index in [-0.39, 0.29) is 6.04 Å². The van der Waals surface area contributed by atoms with Crippen molar-refractivity contribution in [2.45, 2.75) is 6.04 Å². The van der Waals surface area contributed by atoms with E-state index in [4.69, 9.17) is 5.73 Å². The Morgan fingerprint density at radius 1 is 1.38 bits per heavy atom. The highest BCUT2D eigenvalue weighted by Gasteiger charge is 2.10. The van der Waals surface area contributed by atoms with Gasteiger partial charge in [0.2, 0.25) is 0 Å². The lowest BCUT2D eigenvalue weighted by Crippen LogP contribution is -2.08. The highest BCUT2D eigenvalue weighted by atomic mass is 79.9. The van der Waals surface area contributed by atoms with Gasteiger partial charge in [0.1, 0.15) is 0 Å². The molecule has 0 aliphatic carbocycles.